The van der Waals surface area contributed by atoms with Crippen LogP contribution in [0.1, 0.15) is 42.4 Å². The molecule has 4 rings (SSSR count). The van der Waals surface area contributed by atoms with Crippen LogP contribution < -0.4 is 14.8 Å². The van der Waals surface area contributed by atoms with Crippen LogP contribution in [-0.2, 0) is 17.1 Å². The highest BCUT2D eigenvalue weighted by molar-refractivity contribution is 7.92. The molecule has 2 N–H and O–H groups in total. The fourth-order valence-corrected chi connectivity index (χ4v) is 4.16. The number of hydrogen-bond acceptors (Lipinski definition) is 8. The maximum Gasteiger partial charge on any atom is 0.269 e. The molecule has 168 valence electrons. The Hall–Kier alpha value is -3.54. The van der Waals surface area contributed by atoms with E-state index in [4.69, 9.17) is 4.74 Å². The summed E-state index contributed by atoms with van der Waals surface area (Å²) in [5.41, 5.74) is 0.980. The average molecular weight is 458 g/mol. The summed E-state index contributed by atoms with van der Waals surface area (Å²) >= 11 is 0. The second-order valence-corrected chi connectivity index (χ2v) is 9.90. The first-order valence-corrected chi connectivity index (χ1v) is 11.3. The standard InChI is InChI=1S/C20H23N7O4S/c1-20(2)8-14(20)16-7-17(31-12-5-6-15(22-9-12)18(28)21-3)25-19(24-16)26-32(29,30)13-10-23-27(4)11-13/h5-7,9-11,14H,8H2,1-4H3,(H,21,28)(H,24,25,26). The highest BCUT2D eigenvalue weighted by atomic mass is 32.2. The molecule has 1 saturated carbocycles. The predicted octanol–water partition coefficient (Wildman–Crippen LogP) is 2.07. The van der Waals surface area contributed by atoms with Crippen molar-refractivity contribution in [1.29, 1.82) is 0 Å². The van der Waals surface area contributed by atoms with Gasteiger partial charge >= 0.3 is 0 Å². The molecule has 12 heteroatoms. The summed E-state index contributed by atoms with van der Waals surface area (Å²) in [7, 11) is -0.778. The molecule has 3 aromatic heterocycles. The minimum Gasteiger partial charge on any atom is -0.437 e. The molecule has 0 radical (unpaired) electrons. The quantitative estimate of drug-likeness (QED) is 0.549. The number of amides is 1. The lowest BCUT2D eigenvalue weighted by atomic mass is 10.1. The SMILES string of the molecule is CNC(=O)c1ccc(Oc2cc(C3CC3(C)C)nc(NS(=O)(=O)c3cnn(C)c3)n2)cn1. The van der Waals surface area contributed by atoms with E-state index in [1.54, 1.807) is 19.2 Å². The van der Waals surface area contributed by atoms with Crippen molar-refractivity contribution in [3.8, 4) is 11.6 Å². The van der Waals surface area contributed by atoms with E-state index in [1.165, 1.54) is 36.4 Å². The number of nitrogens with zero attached hydrogens (tertiary/aromatic N) is 5. The highest BCUT2D eigenvalue weighted by Crippen LogP contribution is 2.58. The fourth-order valence-electron chi connectivity index (χ4n) is 3.23. The van der Waals surface area contributed by atoms with Crippen molar-refractivity contribution in [2.45, 2.75) is 31.1 Å². The van der Waals surface area contributed by atoms with Crippen molar-refractivity contribution in [2.75, 3.05) is 11.8 Å². The van der Waals surface area contributed by atoms with Gasteiger partial charge in [-0.1, -0.05) is 13.8 Å². The summed E-state index contributed by atoms with van der Waals surface area (Å²) in [6, 6.07) is 4.79. The van der Waals surface area contributed by atoms with Crippen LogP contribution in [0.25, 0.3) is 0 Å². The molecule has 32 heavy (non-hydrogen) atoms. The lowest BCUT2D eigenvalue weighted by Crippen LogP contribution is -2.18. The largest absolute Gasteiger partial charge is 0.437 e. The van der Waals surface area contributed by atoms with Crippen LogP contribution in [0.15, 0.2) is 41.7 Å². The second kappa shape index (κ2) is 7.86. The molecule has 1 aliphatic carbocycles. The number of aromatic nitrogens is 5. The molecule has 3 aromatic rings. The molecule has 1 aliphatic rings. The third kappa shape index (κ3) is 4.54. The van der Waals surface area contributed by atoms with E-state index >= 15 is 0 Å². The molecule has 0 bridgehead atoms. The zero-order valence-corrected chi connectivity index (χ0v) is 18.8. The van der Waals surface area contributed by atoms with E-state index < -0.39 is 10.0 Å². The van der Waals surface area contributed by atoms with Crippen LogP contribution in [0.3, 0.4) is 0 Å². The summed E-state index contributed by atoms with van der Waals surface area (Å²) in [4.78, 5) is 24.4. The van der Waals surface area contributed by atoms with Crippen LogP contribution in [-0.4, -0.2) is 46.1 Å². The average Bonchev–Trinajstić information content (AvgIpc) is 3.14. The third-order valence-corrected chi connectivity index (χ3v) is 6.51. The molecule has 11 nitrogen and oxygen atoms in total. The number of ether oxygens (including phenoxy) is 1. The predicted molar refractivity (Wildman–Crippen MR) is 115 cm³/mol. The monoisotopic (exact) mass is 457 g/mol. The summed E-state index contributed by atoms with van der Waals surface area (Å²) < 4.78 is 35.0. The summed E-state index contributed by atoms with van der Waals surface area (Å²) in [6.07, 6.45) is 4.94. The van der Waals surface area contributed by atoms with Crippen LogP contribution in [0.4, 0.5) is 5.95 Å². The molecule has 0 spiro atoms. The number of pyridine rings is 1. The molecule has 1 unspecified atom stereocenters. The highest BCUT2D eigenvalue weighted by Gasteiger charge is 2.48. The Morgan fingerprint density at radius 3 is 2.56 bits per heavy atom. The number of carbonyl (C=O) groups excluding carboxylic acids is 1. The van der Waals surface area contributed by atoms with Gasteiger partial charge in [0.2, 0.25) is 11.8 Å². The molecule has 0 aliphatic heterocycles. The number of carbonyl (C=O) groups is 1. The topological polar surface area (TPSA) is 141 Å². The van der Waals surface area contributed by atoms with Crippen LogP contribution in [0, 0.1) is 5.41 Å². The van der Waals surface area contributed by atoms with Gasteiger partial charge in [-0.25, -0.2) is 23.1 Å². The molecular formula is C20H23N7O4S. The Kier molecular flexibility index (Phi) is 5.33. The van der Waals surface area contributed by atoms with Crippen molar-refractivity contribution in [3.05, 3.63) is 48.2 Å². The second-order valence-electron chi connectivity index (χ2n) is 8.22. The molecule has 3 heterocycles. The first-order chi connectivity index (χ1) is 15.1. The fraction of sp³-hybridized carbons (Fsp3) is 0.350. The first-order valence-electron chi connectivity index (χ1n) is 9.84. The maximum absolute atomic E-state index is 12.7. The summed E-state index contributed by atoms with van der Waals surface area (Å²) in [6.45, 7) is 4.22. The van der Waals surface area contributed by atoms with Gasteiger partial charge in [-0.2, -0.15) is 10.1 Å². The maximum atomic E-state index is 12.7. The van der Waals surface area contributed by atoms with E-state index in [0.717, 1.165) is 6.42 Å². The van der Waals surface area contributed by atoms with Gasteiger partial charge < -0.3 is 10.1 Å². The van der Waals surface area contributed by atoms with Gasteiger partial charge in [-0.15, -0.1) is 0 Å². The van der Waals surface area contributed by atoms with Gasteiger partial charge in [0.1, 0.15) is 16.3 Å². The minimum absolute atomic E-state index is 0.00258. The summed E-state index contributed by atoms with van der Waals surface area (Å²) in [5, 5.41) is 6.39. The van der Waals surface area contributed by atoms with Crippen molar-refractivity contribution < 1.29 is 17.9 Å². The Morgan fingerprint density at radius 2 is 2.00 bits per heavy atom. The Labute approximate surface area is 185 Å². The van der Waals surface area contributed by atoms with Crippen LogP contribution in [0.5, 0.6) is 11.6 Å². The van der Waals surface area contributed by atoms with Gasteiger partial charge in [-0.05, 0) is 24.0 Å². The number of nitrogens with one attached hydrogen (secondary N) is 2. The normalized spacial score (nSPS) is 16.9. The Morgan fingerprint density at radius 1 is 1.25 bits per heavy atom. The van der Waals surface area contributed by atoms with Crippen molar-refractivity contribution >= 4 is 21.9 Å². The number of rotatable bonds is 7. The number of anilines is 1. The molecule has 1 fully saturated rings. The van der Waals surface area contributed by atoms with E-state index in [1.807, 2.05) is 0 Å². The van der Waals surface area contributed by atoms with E-state index in [9.17, 15) is 13.2 Å². The van der Waals surface area contributed by atoms with Crippen molar-refractivity contribution in [1.82, 2.24) is 30.0 Å². The molecule has 1 amide bonds. The van der Waals surface area contributed by atoms with E-state index in [0.29, 0.717) is 11.4 Å². The van der Waals surface area contributed by atoms with E-state index in [2.05, 4.69) is 43.9 Å². The molecule has 1 atom stereocenters. The van der Waals surface area contributed by atoms with Gasteiger partial charge in [-0.3, -0.25) is 9.48 Å². The summed E-state index contributed by atoms with van der Waals surface area (Å²) in [5.74, 6) is 0.251. The van der Waals surface area contributed by atoms with Gasteiger partial charge in [0.05, 0.1) is 18.1 Å². The number of hydrogen-bond donors (Lipinski definition) is 2. The third-order valence-electron chi connectivity index (χ3n) is 5.23. The van der Waals surface area contributed by atoms with Crippen molar-refractivity contribution in [3.63, 3.8) is 0 Å². The zero-order chi connectivity index (χ0) is 23.1. The lowest BCUT2D eigenvalue weighted by Gasteiger charge is -2.11. The number of aryl methyl sites for hydroxylation is 1. The van der Waals surface area contributed by atoms with Gasteiger partial charge in [0.25, 0.3) is 15.9 Å². The molecule has 0 saturated heterocycles. The van der Waals surface area contributed by atoms with E-state index in [-0.39, 0.29) is 39.7 Å². The first kappa shape index (κ1) is 21.7. The Balaban J connectivity index is 1.63. The number of sulfonamides is 1. The van der Waals surface area contributed by atoms with Gasteiger partial charge in [0.15, 0.2) is 0 Å². The van der Waals surface area contributed by atoms with Crippen LogP contribution in [0.2, 0.25) is 0 Å². The molecular weight excluding hydrogens is 434 g/mol. The van der Waals surface area contributed by atoms with Crippen molar-refractivity contribution in [2.24, 2.45) is 12.5 Å². The minimum atomic E-state index is -3.92. The Bertz CT molecular complexity index is 1270. The van der Waals surface area contributed by atoms with Crippen LogP contribution >= 0.6 is 0 Å². The lowest BCUT2D eigenvalue weighted by molar-refractivity contribution is 0.0958. The molecule has 0 aromatic carbocycles. The van der Waals surface area contributed by atoms with Gasteiger partial charge in [0, 0.05) is 32.3 Å². The zero-order valence-electron chi connectivity index (χ0n) is 18.0. The smallest absolute Gasteiger partial charge is 0.269 e.